The molecule has 2 rings (SSSR count). The number of hydrogen-bond acceptors (Lipinski definition) is 3. The summed E-state index contributed by atoms with van der Waals surface area (Å²) in [4.78, 5) is 27.4. The normalized spacial score (nSPS) is 29.6. The molecule has 2 aliphatic heterocycles. The molecule has 0 aromatic carbocycles. The van der Waals surface area contributed by atoms with E-state index in [1.807, 2.05) is 11.8 Å². The second kappa shape index (κ2) is 5.84. The summed E-state index contributed by atoms with van der Waals surface area (Å²) < 4.78 is 0. The molecule has 5 nitrogen and oxygen atoms in total. The van der Waals surface area contributed by atoms with Gasteiger partial charge in [0, 0.05) is 18.8 Å². The number of likely N-dealkylation sites (tertiary alicyclic amines) is 1. The number of rotatable bonds is 2. The number of thioether (sulfide) groups is 1. The predicted molar refractivity (Wildman–Crippen MR) is 79.8 cm³/mol. The standard InChI is InChI=1S/C14H24N2O3S/c1-4-11-16(10(9-20-11)12(17)18)13(19)15-7-5-14(2,3)6-8-15/h10-11H,4-9H2,1-3H3,(H,17,18). The Balaban J connectivity index is 2.08. The number of carboxylic acids is 1. The van der Waals surface area contributed by atoms with Gasteiger partial charge in [-0.05, 0) is 24.7 Å². The molecule has 0 radical (unpaired) electrons. The lowest BCUT2D eigenvalue weighted by molar-refractivity contribution is -0.141. The fourth-order valence-corrected chi connectivity index (χ4v) is 4.13. The Hall–Kier alpha value is -0.910. The Morgan fingerprint density at radius 2 is 1.90 bits per heavy atom. The third kappa shape index (κ3) is 3.05. The average molecular weight is 300 g/mol. The van der Waals surface area contributed by atoms with Crippen LogP contribution < -0.4 is 0 Å². The van der Waals surface area contributed by atoms with Crippen LogP contribution in [0.5, 0.6) is 0 Å². The van der Waals surface area contributed by atoms with Crippen LogP contribution in [0.3, 0.4) is 0 Å². The number of aliphatic carboxylic acids is 1. The number of carbonyl (C=O) groups excluding carboxylic acids is 1. The molecule has 2 saturated heterocycles. The lowest BCUT2D eigenvalue weighted by atomic mass is 9.83. The van der Waals surface area contributed by atoms with Crippen molar-refractivity contribution >= 4 is 23.8 Å². The quantitative estimate of drug-likeness (QED) is 0.851. The summed E-state index contributed by atoms with van der Waals surface area (Å²) in [6.45, 7) is 7.90. The van der Waals surface area contributed by atoms with Crippen molar-refractivity contribution in [1.29, 1.82) is 0 Å². The number of carboxylic acid groups (broad SMARTS) is 1. The smallest absolute Gasteiger partial charge is 0.327 e. The molecule has 2 heterocycles. The van der Waals surface area contributed by atoms with E-state index in [2.05, 4.69) is 13.8 Å². The molecule has 0 bridgehead atoms. The maximum Gasteiger partial charge on any atom is 0.327 e. The monoisotopic (exact) mass is 300 g/mol. The minimum atomic E-state index is -0.890. The van der Waals surface area contributed by atoms with Crippen LogP contribution in [0.1, 0.15) is 40.0 Å². The first kappa shape index (κ1) is 15.5. The molecule has 114 valence electrons. The Bertz CT molecular complexity index is 390. The highest BCUT2D eigenvalue weighted by atomic mass is 32.2. The summed E-state index contributed by atoms with van der Waals surface area (Å²) in [5.74, 6) is -0.391. The second-order valence-electron chi connectivity index (χ2n) is 6.39. The van der Waals surface area contributed by atoms with Gasteiger partial charge in [0.15, 0.2) is 0 Å². The Morgan fingerprint density at radius 3 is 2.40 bits per heavy atom. The van der Waals surface area contributed by atoms with Gasteiger partial charge in [-0.2, -0.15) is 0 Å². The molecule has 6 heteroatoms. The lowest BCUT2D eigenvalue weighted by Gasteiger charge is -2.40. The van der Waals surface area contributed by atoms with Crippen LogP contribution in [0.15, 0.2) is 0 Å². The van der Waals surface area contributed by atoms with E-state index in [0.717, 1.165) is 32.4 Å². The fraction of sp³-hybridized carbons (Fsp3) is 0.857. The largest absolute Gasteiger partial charge is 0.480 e. The van der Waals surface area contributed by atoms with E-state index in [-0.39, 0.29) is 16.8 Å². The minimum absolute atomic E-state index is 0.00135. The predicted octanol–water partition coefficient (Wildman–Crippen LogP) is 2.47. The van der Waals surface area contributed by atoms with E-state index in [1.165, 1.54) is 0 Å². The third-order valence-electron chi connectivity index (χ3n) is 4.34. The zero-order valence-corrected chi connectivity index (χ0v) is 13.3. The van der Waals surface area contributed by atoms with Crippen LogP contribution in [0.25, 0.3) is 0 Å². The summed E-state index contributed by atoms with van der Waals surface area (Å²) in [7, 11) is 0. The van der Waals surface area contributed by atoms with E-state index in [1.54, 1.807) is 16.7 Å². The number of piperidine rings is 1. The van der Waals surface area contributed by atoms with Crippen LogP contribution in [0.4, 0.5) is 4.79 Å². The SMILES string of the molecule is CCC1SCC(C(=O)O)N1C(=O)N1CCC(C)(C)CC1. The van der Waals surface area contributed by atoms with Crippen molar-refractivity contribution in [3.05, 3.63) is 0 Å². The van der Waals surface area contributed by atoms with E-state index >= 15 is 0 Å². The second-order valence-corrected chi connectivity index (χ2v) is 7.60. The molecule has 0 aromatic rings. The molecule has 0 saturated carbocycles. The van der Waals surface area contributed by atoms with E-state index in [0.29, 0.717) is 5.75 Å². The van der Waals surface area contributed by atoms with Crippen molar-refractivity contribution in [3.63, 3.8) is 0 Å². The van der Waals surface area contributed by atoms with Gasteiger partial charge in [0.05, 0.1) is 5.37 Å². The van der Waals surface area contributed by atoms with Gasteiger partial charge in [0.2, 0.25) is 0 Å². The van der Waals surface area contributed by atoms with Gasteiger partial charge in [-0.1, -0.05) is 20.8 Å². The summed E-state index contributed by atoms with van der Waals surface area (Å²) >= 11 is 1.58. The Kier molecular flexibility index (Phi) is 4.52. The highest BCUT2D eigenvalue weighted by Crippen LogP contribution is 2.35. The van der Waals surface area contributed by atoms with Gasteiger partial charge in [0.1, 0.15) is 6.04 Å². The van der Waals surface area contributed by atoms with Gasteiger partial charge < -0.3 is 10.0 Å². The maximum absolute atomic E-state index is 12.7. The van der Waals surface area contributed by atoms with Gasteiger partial charge in [0.25, 0.3) is 0 Å². The van der Waals surface area contributed by atoms with Crippen molar-refractivity contribution in [2.24, 2.45) is 5.41 Å². The topological polar surface area (TPSA) is 60.9 Å². The van der Waals surface area contributed by atoms with Gasteiger partial charge >= 0.3 is 12.0 Å². The fourth-order valence-electron chi connectivity index (χ4n) is 2.79. The highest BCUT2D eigenvalue weighted by Gasteiger charge is 2.43. The molecule has 0 aliphatic carbocycles. The number of hydrogen-bond donors (Lipinski definition) is 1. The number of urea groups is 1. The van der Waals surface area contributed by atoms with Gasteiger partial charge in [-0.3, -0.25) is 4.90 Å². The molecule has 0 spiro atoms. The van der Waals surface area contributed by atoms with E-state index in [9.17, 15) is 14.7 Å². The first-order chi connectivity index (χ1) is 9.35. The first-order valence-electron chi connectivity index (χ1n) is 7.27. The van der Waals surface area contributed by atoms with Crippen molar-refractivity contribution in [2.75, 3.05) is 18.8 Å². The molecule has 1 N–H and O–H groups in total. The molecule has 2 atom stereocenters. The molecular weight excluding hydrogens is 276 g/mol. The molecule has 2 unspecified atom stereocenters. The lowest BCUT2D eigenvalue weighted by Crippen LogP contribution is -2.53. The van der Waals surface area contributed by atoms with Gasteiger partial charge in [-0.15, -0.1) is 11.8 Å². The zero-order chi connectivity index (χ0) is 14.9. The summed E-state index contributed by atoms with van der Waals surface area (Å²) in [5.41, 5.74) is 0.285. The van der Waals surface area contributed by atoms with Crippen LogP contribution in [-0.2, 0) is 4.79 Å². The molecule has 0 aromatic heterocycles. The number of nitrogens with zero attached hydrogens (tertiary/aromatic N) is 2. The van der Waals surface area contributed by atoms with Crippen molar-refractivity contribution in [1.82, 2.24) is 9.80 Å². The Labute approximate surface area is 124 Å². The van der Waals surface area contributed by atoms with Crippen molar-refractivity contribution in [2.45, 2.75) is 51.4 Å². The van der Waals surface area contributed by atoms with Crippen LogP contribution in [0, 0.1) is 5.41 Å². The van der Waals surface area contributed by atoms with Crippen LogP contribution in [0.2, 0.25) is 0 Å². The third-order valence-corrected chi connectivity index (χ3v) is 5.79. The minimum Gasteiger partial charge on any atom is -0.480 e. The molecule has 2 aliphatic rings. The van der Waals surface area contributed by atoms with Crippen molar-refractivity contribution < 1.29 is 14.7 Å². The summed E-state index contributed by atoms with van der Waals surface area (Å²) in [5, 5.41) is 9.30. The van der Waals surface area contributed by atoms with E-state index < -0.39 is 12.0 Å². The molecule has 2 fully saturated rings. The first-order valence-corrected chi connectivity index (χ1v) is 8.32. The van der Waals surface area contributed by atoms with E-state index in [4.69, 9.17) is 0 Å². The van der Waals surface area contributed by atoms with Gasteiger partial charge in [-0.25, -0.2) is 9.59 Å². The van der Waals surface area contributed by atoms with Crippen LogP contribution >= 0.6 is 11.8 Å². The molecule has 2 amide bonds. The maximum atomic E-state index is 12.7. The summed E-state index contributed by atoms with van der Waals surface area (Å²) in [6.07, 6.45) is 2.75. The summed E-state index contributed by atoms with van der Waals surface area (Å²) in [6, 6.07) is -0.767. The highest BCUT2D eigenvalue weighted by molar-refractivity contribution is 8.00. The number of carbonyl (C=O) groups is 2. The Morgan fingerprint density at radius 1 is 1.30 bits per heavy atom. The van der Waals surface area contributed by atoms with Crippen LogP contribution in [-0.4, -0.2) is 57.2 Å². The van der Waals surface area contributed by atoms with Crippen molar-refractivity contribution in [3.8, 4) is 0 Å². The molecular formula is C14H24N2O3S. The molecule has 20 heavy (non-hydrogen) atoms. The zero-order valence-electron chi connectivity index (χ0n) is 12.5. The average Bonchev–Trinajstić information content (AvgIpc) is 2.81. The number of amides is 2.